The number of benzene rings is 2. The molecule has 0 bridgehead atoms. The lowest BCUT2D eigenvalue weighted by molar-refractivity contribution is 0.102. The molecule has 0 radical (unpaired) electrons. The molecule has 0 fully saturated rings. The molecule has 1 N–H and O–H groups in total. The molecule has 2 aromatic heterocycles. The zero-order chi connectivity index (χ0) is 20.4. The van der Waals surface area contributed by atoms with Crippen LogP contribution in [-0.2, 0) is 0 Å². The Hall–Kier alpha value is -3.16. The molecule has 0 spiro atoms. The molecule has 29 heavy (non-hydrogen) atoms. The maximum absolute atomic E-state index is 12.9. The van der Waals surface area contributed by atoms with Gasteiger partial charge in [0.25, 0.3) is 5.91 Å². The third-order valence-corrected chi connectivity index (χ3v) is 5.16. The predicted octanol–water partition coefficient (Wildman–Crippen LogP) is 5.34. The Balaban J connectivity index is 1.93. The predicted molar refractivity (Wildman–Crippen MR) is 114 cm³/mol. The minimum Gasteiger partial charge on any atom is -0.493 e. The van der Waals surface area contributed by atoms with E-state index in [1.807, 2.05) is 19.1 Å². The summed E-state index contributed by atoms with van der Waals surface area (Å²) in [7, 11) is 1.56. The summed E-state index contributed by atoms with van der Waals surface area (Å²) in [6.45, 7) is 1.89. The number of anilines is 1. The molecule has 4 aromatic rings. The van der Waals surface area contributed by atoms with Crippen molar-refractivity contribution in [1.29, 1.82) is 0 Å². The molecule has 146 valence electrons. The topological polar surface area (TPSA) is 76.7 Å². The van der Waals surface area contributed by atoms with Gasteiger partial charge in [-0.25, -0.2) is 9.98 Å². The summed E-state index contributed by atoms with van der Waals surface area (Å²) in [6.07, 6.45) is 1.62. The lowest BCUT2D eigenvalue weighted by atomic mass is 10.1. The summed E-state index contributed by atoms with van der Waals surface area (Å²) in [5, 5.41) is 6.39. The van der Waals surface area contributed by atoms with Crippen LogP contribution in [-0.4, -0.2) is 18.0 Å². The molecule has 6 nitrogen and oxygen atoms in total. The fraction of sp³-hybridized carbons (Fsp3) is 0.0952. The summed E-state index contributed by atoms with van der Waals surface area (Å²) < 4.78 is 11.4. The maximum Gasteiger partial charge on any atom is 0.262 e. The summed E-state index contributed by atoms with van der Waals surface area (Å²) in [6, 6.07) is 12.5. The molecule has 8 heteroatoms. The third-order valence-electron chi connectivity index (χ3n) is 4.24. The number of aromatic nitrogens is 1. The number of para-hydroxylation sites is 1. The third kappa shape index (κ3) is 4.01. The molecular formula is C21H16ClN3O3S. The van der Waals surface area contributed by atoms with Gasteiger partial charge in [0.2, 0.25) is 5.55 Å². The number of nitrogens with one attached hydrogen (secondary N) is 1. The van der Waals surface area contributed by atoms with Crippen LogP contribution in [0.5, 0.6) is 5.75 Å². The van der Waals surface area contributed by atoms with Gasteiger partial charge >= 0.3 is 0 Å². The molecular weight excluding hydrogens is 410 g/mol. The van der Waals surface area contributed by atoms with Crippen LogP contribution in [0.3, 0.4) is 0 Å². The van der Waals surface area contributed by atoms with Crippen LogP contribution >= 0.6 is 22.9 Å². The summed E-state index contributed by atoms with van der Waals surface area (Å²) in [5.41, 5.74) is 2.47. The van der Waals surface area contributed by atoms with Crippen LogP contribution in [0.2, 0.25) is 5.02 Å². The Bertz CT molecular complexity index is 1270. The fourth-order valence-corrected chi connectivity index (χ4v) is 3.58. The van der Waals surface area contributed by atoms with Crippen molar-refractivity contribution in [3.8, 4) is 5.75 Å². The number of nitrogens with zero attached hydrogens (tertiary/aromatic N) is 2. The van der Waals surface area contributed by atoms with E-state index in [4.69, 9.17) is 20.8 Å². The number of methoxy groups -OCH3 is 1. The van der Waals surface area contributed by atoms with Gasteiger partial charge in [0, 0.05) is 22.0 Å². The lowest BCUT2D eigenvalue weighted by Crippen LogP contribution is -2.21. The molecule has 0 aliphatic heterocycles. The quantitative estimate of drug-likeness (QED) is 0.478. The Morgan fingerprint density at radius 3 is 2.86 bits per heavy atom. The molecule has 0 saturated heterocycles. The highest BCUT2D eigenvalue weighted by atomic mass is 35.5. The van der Waals surface area contributed by atoms with Crippen LogP contribution in [0.15, 0.2) is 63.5 Å². The molecule has 0 unspecified atom stereocenters. The van der Waals surface area contributed by atoms with Crippen LogP contribution in [0.4, 0.5) is 10.8 Å². The van der Waals surface area contributed by atoms with Crippen molar-refractivity contribution in [3.05, 3.63) is 75.7 Å². The highest BCUT2D eigenvalue weighted by Crippen LogP contribution is 2.26. The van der Waals surface area contributed by atoms with Gasteiger partial charge in [0.15, 0.2) is 16.5 Å². The van der Waals surface area contributed by atoms with E-state index in [9.17, 15) is 4.79 Å². The van der Waals surface area contributed by atoms with Crippen LogP contribution in [0.1, 0.15) is 15.9 Å². The number of aryl methyl sites for hydroxylation is 1. The number of hydrogen-bond acceptors (Lipinski definition) is 6. The normalized spacial score (nSPS) is 11.6. The number of halogens is 1. The van der Waals surface area contributed by atoms with E-state index < -0.39 is 0 Å². The second kappa shape index (κ2) is 8.06. The minimum atomic E-state index is -0.362. The Morgan fingerprint density at radius 1 is 1.28 bits per heavy atom. The number of carbonyl (C=O) groups is 1. The van der Waals surface area contributed by atoms with Gasteiger partial charge in [-0.3, -0.25) is 10.1 Å². The van der Waals surface area contributed by atoms with Crippen molar-refractivity contribution in [2.75, 3.05) is 12.4 Å². The molecule has 2 aromatic carbocycles. The Morgan fingerprint density at radius 2 is 2.14 bits per heavy atom. The van der Waals surface area contributed by atoms with Crippen molar-refractivity contribution >= 4 is 50.6 Å². The summed E-state index contributed by atoms with van der Waals surface area (Å²) in [5.74, 6) is 0.192. The molecule has 0 atom stereocenters. The van der Waals surface area contributed by atoms with E-state index >= 15 is 0 Å². The van der Waals surface area contributed by atoms with E-state index in [1.54, 1.807) is 49.0 Å². The number of rotatable bonds is 4. The van der Waals surface area contributed by atoms with Crippen LogP contribution in [0.25, 0.3) is 11.0 Å². The molecule has 0 aliphatic rings. The van der Waals surface area contributed by atoms with Crippen LogP contribution in [0, 0.1) is 6.92 Å². The number of fused-ring (bicyclic) bond motifs is 1. The first-order valence-electron chi connectivity index (χ1n) is 8.68. The number of amides is 1. The van der Waals surface area contributed by atoms with Crippen molar-refractivity contribution in [2.24, 2.45) is 4.99 Å². The second-order valence-corrected chi connectivity index (χ2v) is 7.51. The Labute approximate surface area is 175 Å². The largest absolute Gasteiger partial charge is 0.493 e. The second-order valence-electron chi connectivity index (χ2n) is 6.18. The zero-order valence-electron chi connectivity index (χ0n) is 15.6. The Kier molecular flexibility index (Phi) is 5.33. The molecule has 0 saturated carbocycles. The average molecular weight is 426 g/mol. The van der Waals surface area contributed by atoms with Gasteiger partial charge in [0.1, 0.15) is 5.56 Å². The molecule has 4 rings (SSSR count). The lowest BCUT2D eigenvalue weighted by Gasteiger charge is -2.08. The van der Waals surface area contributed by atoms with Crippen LogP contribution < -0.4 is 15.6 Å². The molecule has 2 heterocycles. The average Bonchev–Trinajstić information content (AvgIpc) is 3.22. The number of ether oxygens (including phenoxy) is 1. The van der Waals surface area contributed by atoms with Gasteiger partial charge in [-0.15, -0.1) is 11.3 Å². The first-order valence-corrected chi connectivity index (χ1v) is 9.93. The van der Waals surface area contributed by atoms with Gasteiger partial charge in [0.05, 0.1) is 12.8 Å². The monoisotopic (exact) mass is 425 g/mol. The van der Waals surface area contributed by atoms with Crippen molar-refractivity contribution in [3.63, 3.8) is 0 Å². The van der Waals surface area contributed by atoms with E-state index in [-0.39, 0.29) is 17.0 Å². The number of hydrogen-bond donors (Lipinski definition) is 1. The zero-order valence-corrected chi connectivity index (χ0v) is 17.2. The van der Waals surface area contributed by atoms with E-state index in [0.29, 0.717) is 27.2 Å². The first kappa shape index (κ1) is 19.2. The number of carbonyl (C=O) groups excluding carboxylic acids is 1. The maximum atomic E-state index is 12.9. The van der Waals surface area contributed by atoms with Crippen molar-refractivity contribution < 1.29 is 13.9 Å². The van der Waals surface area contributed by atoms with Crippen molar-refractivity contribution in [1.82, 2.24) is 4.98 Å². The van der Waals surface area contributed by atoms with Gasteiger partial charge in [-0.1, -0.05) is 23.7 Å². The highest BCUT2D eigenvalue weighted by Gasteiger charge is 2.16. The molecule has 1 amide bonds. The standard InChI is InChI=1S/C21H16ClN3O3S/c1-12-10-14(22)6-7-16(12)24-20-15(19(26)25-21-23-8-9-29-21)11-13-4-3-5-17(27-2)18(13)28-20/h3-11H,1-2H3,(H,23,25,26). The fourth-order valence-electron chi connectivity index (χ4n) is 2.83. The molecule has 0 aliphatic carbocycles. The summed E-state index contributed by atoms with van der Waals surface area (Å²) in [4.78, 5) is 21.6. The smallest absolute Gasteiger partial charge is 0.262 e. The van der Waals surface area contributed by atoms with Gasteiger partial charge < -0.3 is 9.15 Å². The van der Waals surface area contributed by atoms with E-state index in [1.165, 1.54) is 11.3 Å². The van der Waals surface area contributed by atoms with E-state index in [2.05, 4.69) is 15.3 Å². The van der Waals surface area contributed by atoms with Gasteiger partial charge in [-0.2, -0.15) is 0 Å². The highest BCUT2D eigenvalue weighted by molar-refractivity contribution is 7.13. The van der Waals surface area contributed by atoms with Crippen molar-refractivity contribution in [2.45, 2.75) is 6.92 Å². The summed E-state index contributed by atoms with van der Waals surface area (Å²) >= 11 is 7.38. The first-order chi connectivity index (χ1) is 14.0. The van der Waals surface area contributed by atoms with E-state index in [0.717, 1.165) is 10.9 Å². The minimum absolute atomic E-state index is 0.168. The van der Waals surface area contributed by atoms with Gasteiger partial charge in [-0.05, 0) is 42.8 Å². The number of thiazole rings is 1. The SMILES string of the molecule is COc1cccc2cc(C(=O)Nc3nccs3)c(=Nc3ccc(Cl)cc3C)oc12.